The minimum Gasteiger partial charge on any atom is -0.332 e. The summed E-state index contributed by atoms with van der Waals surface area (Å²) in [4.78, 5) is 17.5. The second-order valence-corrected chi connectivity index (χ2v) is 6.88. The van der Waals surface area contributed by atoms with Crippen LogP contribution < -0.4 is 5.32 Å². The molecule has 0 bridgehead atoms. The molecule has 0 spiro atoms. The van der Waals surface area contributed by atoms with E-state index in [-0.39, 0.29) is 23.6 Å². The number of aromatic nitrogens is 1. The minimum absolute atomic E-state index is 0.0561. The number of carbonyl (C=O) groups excluding carboxylic acids is 1. The second kappa shape index (κ2) is 5.56. The monoisotopic (exact) mass is 283 g/mol. The van der Waals surface area contributed by atoms with E-state index in [1.165, 1.54) is 4.90 Å². The van der Waals surface area contributed by atoms with Gasteiger partial charge in [0.2, 0.25) is 0 Å². The number of hydrogen-bond acceptors (Lipinski definition) is 4. The summed E-state index contributed by atoms with van der Waals surface area (Å²) >= 11 is 0. The van der Waals surface area contributed by atoms with Crippen LogP contribution in [0.1, 0.15) is 12.1 Å². The van der Waals surface area contributed by atoms with Gasteiger partial charge in [-0.3, -0.25) is 4.98 Å². The van der Waals surface area contributed by atoms with Crippen molar-refractivity contribution in [3.8, 4) is 0 Å². The molecule has 0 aromatic carbocycles. The summed E-state index contributed by atoms with van der Waals surface area (Å²) in [5.74, 6) is 0.218. The Morgan fingerprint density at radius 2 is 2.32 bits per heavy atom. The van der Waals surface area contributed by atoms with Crippen LogP contribution in [0.4, 0.5) is 4.79 Å². The van der Waals surface area contributed by atoms with Gasteiger partial charge in [-0.2, -0.15) is 0 Å². The molecule has 1 aromatic heterocycles. The molecule has 2 heterocycles. The molecule has 2 rings (SSSR count). The summed E-state index contributed by atoms with van der Waals surface area (Å²) in [6, 6.07) is 4.98. The number of rotatable bonds is 3. The van der Waals surface area contributed by atoms with Crippen LogP contribution in [-0.4, -0.2) is 48.9 Å². The van der Waals surface area contributed by atoms with E-state index in [0.717, 1.165) is 5.69 Å². The van der Waals surface area contributed by atoms with E-state index in [0.29, 0.717) is 13.0 Å². The van der Waals surface area contributed by atoms with Gasteiger partial charge in [-0.15, -0.1) is 0 Å². The van der Waals surface area contributed by atoms with Crippen molar-refractivity contribution in [2.24, 2.45) is 0 Å². The smallest absolute Gasteiger partial charge is 0.317 e. The molecule has 7 heteroatoms. The van der Waals surface area contributed by atoms with Crippen LogP contribution in [0.25, 0.3) is 0 Å². The number of urea groups is 1. The van der Waals surface area contributed by atoms with Gasteiger partial charge < -0.3 is 10.2 Å². The molecule has 1 atom stereocenters. The Labute approximate surface area is 112 Å². The normalized spacial score (nSPS) is 21.0. The molecule has 104 valence electrons. The molecule has 0 saturated carbocycles. The lowest BCUT2D eigenvalue weighted by Gasteiger charge is -2.23. The second-order valence-electron chi connectivity index (χ2n) is 4.65. The zero-order valence-electron chi connectivity index (χ0n) is 10.7. The van der Waals surface area contributed by atoms with Gasteiger partial charge in [-0.25, -0.2) is 13.2 Å². The van der Waals surface area contributed by atoms with Gasteiger partial charge in [0.25, 0.3) is 0 Å². The summed E-state index contributed by atoms with van der Waals surface area (Å²) < 4.78 is 22.8. The van der Waals surface area contributed by atoms with E-state index >= 15 is 0 Å². The third-order valence-corrected chi connectivity index (χ3v) is 4.97. The van der Waals surface area contributed by atoms with E-state index in [4.69, 9.17) is 0 Å². The molecule has 1 N–H and O–H groups in total. The molecular formula is C12H17N3O3S. The Kier molecular flexibility index (Phi) is 4.04. The van der Waals surface area contributed by atoms with Crippen molar-refractivity contribution in [1.29, 1.82) is 0 Å². The molecule has 0 unspecified atom stereocenters. The van der Waals surface area contributed by atoms with E-state index in [1.807, 2.05) is 12.1 Å². The van der Waals surface area contributed by atoms with Crippen molar-refractivity contribution in [1.82, 2.24) is 15.2 Å². The van der Waals surface area contributed by atoms with E-state index < -0.39 is 9.84 Å². The molecule has 1 aromatic rings. The summed E-state index contributed by atoms with van der Waals surface area (Å²) in [6.07, 6.45) is 2.17. The topological polar surface area (TPSA) is 79.4 Å². The van der Waals surface area contributed by atoms with E-state index in [9.17, 15) is 13.2 Å². The van der Waals surface area contributed by atoms with E-state index in [2.05, 4.69) is 10.3 Å². The highest BCUT2D eigenvalue weighted by atomic mass is 32.2. The lowest BCUT2D eigenvalue weighted by molar-refractivity contribution is 0.194. The summed E-state index contributed by atoms with van der Waals surface area (Å²) in [5, 5.41) is 2.73. The number of pyridine rings is 1. The van der Waals surface area contributed by atoms with E-state index in [1.54, 1.807) is 19.3 Å². The average molecular weight is 283 g/mol. The fourth-order valence-corrected chi connectivity index (χ4v) is 3.81. The zero-order chi connectivity index (χ0) is 13.9. The first kappa shape index (κ1) is 13.8. The lowest BCUT2D eigenvalue weighted by Crippen LogP contribution is -2.43. The van der Waals surface area contributed by atoms with Crippen molar-refractivity contribution in [3.63, 3.8) is 0 Å². The molecule has 0 radical (unpaired) electrons. The number of nitrogens with zero attached hydrogens (tertiary/aromatic N) is 2. The van der Waals surface area contributed by atoms with Gasteiger partial charge in [-0.05, 0) is 18.6 Å². The maximum absolute atomic E-state index is 11.9. The molecule has 6 nitrogen and oxygen atoms in total. The summed E-state index contributed by atoms with van der Waals surface area (Å²) in [5.41, 5.74) is 0.767. The van der Waals surface area contributed by atoms with Crippen LogP contribution in [-0.2, 0) is 16.4 Å². The fourth-order valence-electron chi connectivity index (χ4n) is 2.04. The Morgan fingerprint density at radius 3 is 2.89 bits per heavy atom. The molecule has 2 amide bonds. The highest BCUT2D eigenvalue weighted by Gasteiger charge is 2.32. The molecule has 1 saturated heterocycles. The minimum atomic E-state index is -2.98. The van der Waals surface area contributed by atoms with Crippen molar-refractivity contribution in [2.45, 2.75) is 19.0 Å². The van der Waals surface area contributed by atoms with Crippen LogP contribution in [0.3, 0.4) is 0 Å². The maximum Gasteiger partial charge on any atom is 0.317 e. The molecule has 1 fully saturated rings. The van der Waals surface area contributed by atoms with Gasteiger partial charge in [0.05, 0.1) is 23.7 Å². The lowest BCUT2D eigenvalue weighted by atomic mass is 10.2. The first-order chi connectivity index (χ1) is 8.98. The van der Waals surface area contributed by atoms with Crippen molar-refractivity contribution in [2.75, 3.05) is 18.6 Å². The summed E-state index contributed by atoms with van der Waals surface area (Å²) in [6.45, 7) is 0.337. The average Bonchev–Trinajstić information content (AvgIpc) is 2.76. The molecule has 1 aliphatic rings. The van der Waals surface area contributed by atoms with Gasteiger partial charge >= 0.3 is 6.03 Å². The van der Waals surface area contributed by atoms with Crippen molar-refractivity contribution in [3.05, 3.63) is 30.1 Å². The first-order valence-corrected chi connectivity index (χ1v) is 7.91. The molecule has 19 heavy (non-hydrogen) atoms. The quantitative estimate of drug-likeness (QED) is 0.871. The third-order valence-electron chi connectivity index (χ3n) is 3.22. The van der Waals surface area contributed by atoms with Crippen molar-refractivity contribution >= 4 is 15.9 Å². The Morgan fingerprint density at radius 1 is 1.53 bits per heavy atom. The Hall–Kier alpha value is -1.63. The van der Waals surface area contributed by atoms with Crippen LogP contribution in [0.5, 0.6) is 0 Å². The number of sulfone groups is 1. The predicted molar refractivity (Wildman–Crippen MR) is 71.3 cm³/mol. The predicted octanol–water partition coefficient (Wildman–Crippen LogP) is 0.410. The van der Waals surface area contributed by atoms with Crippen LogP contribution >= 0.6 is 0 Å². The zero-order valence-corrected chi connectivity index (χ0v) is 11.6. The van der Waals surface area contributed by atoms with Crippen molar-refractivity contribution < 1.29 is 13.2 Å². The molecule has 1 aliphatic heterocycles. The van der Waals surface area contributed by atoms with Crippen LogP contribution in [0.2, 0.25) is 0 Å². The maximum atomic E-state index is 11.9. The van der Waals surface area contributed by atoms with Gasteiger partial charge in [-0.1, -0.05) is 6.07 Å². The highest BCUT2D eigenvalue weighted by molar-refractivity contribution is 7.91. The Balaban J connectivity index is 1.87. The standard InChI is InChI=1S/C12H17N3O3S/c1-15(11-5-7-19(17,18)9-11)12(16)14-8-10-4-2-3-6-13-10/h2-4,6,11H,5,7-9H2,1H3,(H,14,16)/t11-/m0/s1. The SMILES string of the molecule is CN(C(=O)NCc1ccccn1)[C@H]1CCS(=O)(=O)C1. The first-order valence-electron chi connectivity index (χ1n) is 6.09. The fraction of sp³-hybridized carbons (Fsp3) is 0.500. The number of amides is 2. The van der Waals surface area contributed by atoms with Gasteiger partial charge in [0.15, 0.2) is 9.84 Å². The summed E-state index contributed by atoms with van der Waals surface area (Å²) in [7, 11) is -1.35. The van der Waals surface area contributed by atoms with Crippen LogP contribution in [0.15, 0.2) is 24.4 Å². The number of hydrogen-bond donors (Lipinski definition) is 1. The largest absolute Gasteiger partial charge is 0.332 e. The third kappa shape index (κ3) is 3.66. The number of nitrogens with one attached hydrogen (secondary N) is 1. The van der Waals surface area contributed by atoms with Gasteiger partial charge in [0.1, 0.15) is 0 Å². The van der Waals surface area contributed by atoms with Crippen LogP contribution in [0, 0.1) is 0 Å². The Bertz CT molecular complexity index is 545. The highest BCUT2D eigenvalue weighted by Crippen LogP contribution is 2.16. The molecular weight excluding hydrogens is 266 g/mol. The number of carbonyl (C=O) groups is 1. The molecule has 0 aliphatic carbocycles. The van der Waals surface area contributed by atoms with Gasteiger partial charge in [0, 0.05) is 19.3 Å².